The summed E-state index contributed by atoms with van der Waals surface area (Å²) in [4.78, 5) is 52.7. The molecule has 1 saturated heterocycles. The van der Waals surface area contributed by atoms with Crippen LogP contribution in [0, 0.1) is 28.1 Å². The standard InChI is InChI=1S/C33H42O9/c1-9-17(2)29(38)41-28-26(37)27-30(4,5)42-24(36)15-23(40-18(3)34)33(27,8)21-10-12-31(6)22(32(21,28)7)14-20(35)25(31)19-11-13-39-16-19/h9,11,13-14,16,21,23,25-28,37H,10,12,15H2,1-8H3/b17-9-/t21-,23-,25+,26+,27-,28+,31+,32+,33-/m0/s1. The topological polar surface area (TPSA) is 129 Å². The maximum atomic E-state index is 13.8. The lowest BCUT2D eigenvalue weighted by Gasteiger charge is -2.67. The highest BCUT2D eigenvalue weighted by atomic mass is 16.6. The Hall–Kier alpha value is -3.20. The first-order chi connectivity index (χ1) is 19.5. The second kappa shape index (κ2) is 9.93. The van der Waals surface area contributed by atoms with Crippen LogP contribution in [-0.4, -0.2) is 52.7 Å². The van der Waals surface area contributed by atoms with Crippen LogP contribution in [0.4, 0.5) is 0 Å². The Balaban J connectivity index is 1.76. The number of rotatable bonds is 4. The Morgan fingerprint density at radius 1 is 1.10 bits per heavy atom. The van der Waals surface area contributed by atoms with Gasteiger partial charge in [0.2, 0.25) is 0 Å². The van der Waals surface area contributed by atoms with Crippen molar-refractivity contribution in [3.05, 3.63) is 47.5 Å². The number of aliphatic hydroxyl groups excluding tert-OH is 1. The number of furan rings is 1. The fraction of sp³-hybridized carbons (Fsp3) is 0.636. The first-order valence-electron chi connectivity index (χ1n) is 14.7. The smallest absolute Gasteiger partial charge is 0.333 e. The highest BCUT2D eigenvalue weighted by Gasteiger charge is 2.74. The molecule has 1 aromatic rings. The third kappa shape index (κ3) is 4.13. The second-order valence-electron chi connectivity index (χ2n) is 13.8. The summed E-state index contributed by atoms with van der Waals surface area (Å²) in [5.41, 5.74) is -1.97. The number of carbonyl (C=O) groups excluding carboxylic acids is 4. The van der Waals surface area contributed by atoms with Crippen LogP contribution in [0.25, 0.3) is 0 Å². The Kier molecular flexibility index (Phi) is 7.16. The molecule has 42 heavy (non-hydrogen) atoms. The first-order valence-corrected chi connectivity index (χ1v) is 14.7. The van der Waals surface area contributed by atoms with Crippen molar-refractivity contribution >= 4 is 23.7 Å². The molecule has 0 unspecified atom stereocenters. The van der Waals surface area contributed by atoms with Crippen molar-refractivity contribution in [1.29, 1.82) is 0 Å². The molecule has 1 aromatic heterocycles. The van der Waals surface area contributed by atoms with Gasteiger partial charge in [-0.1, -0.05) is 26.8 Å². The van der Waals surface area contributed by atoms with E-state index in [1.165, 1.54) is 6.92 Å². The van der Waals surface area contributed by atoms with Crippen LogP contribution in [-0.2, 0) is 33.4 Å². The van der Waals surface area contributed by atoms with E-state index in [0.717, 1.165) is 11.1 Å². The third-order valence-corrected chi connectivity index (χ3v) is 11.1. The number of ether oxygens (including phenoxy) is 3. The summed E-state index contributed by atoms with van der Waals surface area (Å²) >= 11 is 0. The zero-order valence-electron chi connectivity index (χ0n) is 25.7. The fourth-order valence-electron chi connectivity index (χ4n) is 9.48. The van der Waals surface area contributed by atoms with E-state index in [2.05, 4.69) is 0 Å². The summed E-state index contributed by atoms with van der Waals surface area (Å²) in [6, 6.07) is 1.80. The summed E-state index contributed by atoms with van der Waals surface area (Å²) in [6.07, 6.45) is 4.12. The molecule has 2 saturated carbocycles. The lowest BCUT2D eigenvalue weighted by Crippen LogP contribution is -2.72. The van der Waals surface area contributed by atoms with E-state index in [-0.39, 0.29) is 18.1 Å². The normalized spacial score (nSPS) is 41.0. The quantitative estimate of drug-likeness (QED) is 0.302. The van der Waals surface area contributed by atoms with Crippen LogP contribution in [0.1, 0.15) is 86.1 Å². The zero-order chi connectivity index (χ0) is 31.0. The first kappa shape index (κ1) is 30.3. The summed E-state index contributed by atoms with van der Waals surface area (Å²) in [7, 11) is 0. The van der Waals surface area contributed by atoms with Crippen LogP contribution in [0.2, 0.25) is 0 Å². The van der Waals surface area contributed by atoms with Gasteiger partial charge >= 0.3 is 17.9 Å². The van der Waals surface area contributed by atoms with Crippen molar-refractivity contribution in [2.45, 2.75) is 104 Å². The Labute approximate surface area is 246 Å². The van der Waals surface area contributed by atoms with E-state index in [1.54, 1.807) is 58.4 Å². The summed E-state index contributed by atoms with van der Waals surface area (Å²) in [5.74, 6) is -3.37. The van der Waals surface area contributed by atoms with E-state index in [0.29, 0.717) is 18.4 Å². The molecular weight excluding hydrogens is 540 g/mol. The summed E-state index contributed by atoms with van der Waals surface area (Å²) in [5, 5.41) is 12.4. The van der Waals surface area contributed by atoms with E-state index in [4.69, 9.17) is 18.6 Å². The largest absolute Gasteiger partial charge is 0.472 e. The van der Waals surface area contributed by atoms with Crippen LogP contribution in [0.5, 0.6) is 0 Å². The van der Waals surface area contributed by atoms with Crippen molar-refractivity contribution in [3.8, 4) is 0 Å². The molecule has 1 aliphatic heterocycles. The molecule has 3 fully saturated rings. The van der Waals surface area contributed by atoms with Gasteiger partial charge in [-0.3, -0.25) is 14.4 Å². The Morgan fingerprint density at radius 2 is 1.79 bits per heavy atom. The minimum absolute atomic E-state index is 0.0801. The number of hydrogen-bond donors (Lipinski definition) is 1. The molecule has 9 atom stereocenters. The molecule has 0 aromatic carbocycles. The van der Waals surface area contributed by atoms with Crippen molar-refractivity contribution in [2.75, 3.05) is 0 Å². The molecule has 0 bridgehead atoms. The van der Waals surface area contributed by atoms with Gasteiger partial charge in [-0.05, 0) is 64.2 Å². The Bertz CT molecular complexity index is 1370. The van der Waals surface area contributed by atoms with Gasteiger partial charge in [0.15, 0.2) is 5.78 Å². The van der Waals surface area contributed by atoms with Crippen LogP contribution in [0.15, 0.2) is 46.3 Å². The molecule has 3 aliphatic carbocycles. The monoisotopic (exact) mass is 582 g/mol. The van der Waals surface area contributed by atoms with E-state index in [1.807, 2.05) is 20.8 Å². The van der Waals surface area contributed by atoms with Crippen LogP contribution >= 0.6 is 0 Å². The molecule has 0 amide bonds. The van der Waals surface area contributed by atoms with Crippen molar-refractivity contribution < 1.29 is 42.9 Å². The molecule has 9 heteroatoms. The highest BCUT2D eigenvalue weighted by molar-refractivity contribution is 6.00. The second-order valence-corrected chi connectivity index (χ2v) is 13.8. The maximum absolute atomic E-state index is 13.8. The number of cyclic esters (lactones) is 1. The van der Waals surface area contributed by atoms with Gasteiger partial charge in [0.05, 0.1) is 31.0 Å². The van der Waals surface area contributed by atoms with Gasteiger partial charge in [-0.15, -0.1) is 0 Å². The van der Waals surface area contributed by atoms with Gasteiger partial charge in [-0.25, -0.2) is 4.79 Å². The molecule has 0 spiro atoms. The minimum Gasteiger partial charge on any atom is -0.472 e. The maximum Gasteiger partial charge on any atom is 0.333 e. The van der Waals surface area contributed by atoms with Crippen molar-refractivity contribution in [3.63, 3.8) is 0 Å². The number of aliphatic hydroxyl groups is 1. The molecule has 9 nitrogen and oxygen atoms in total. The number of hydrogen-bond acceptors (Lipinski definition) is 9. The van der Waals surface area contributed by atoms with Crippen molar-refractivity contribution in [2.24, 2.45) is 28.1 Å². The van der Waals surface area contributed by atoms with Crippen LogP contribution in [0.3, 0.4) is 0 Å². The summed E-state index contributed by atoms with van der Waals surface area (Å²) in [6.45, 7) is 14.1. The average molecular weight is 583 g/mol. The molecule has 228 valence electrons. The van der Waals surface area contributed by atoms with E-state index < -0.39 is 69.9 Å². The molecule has 0 radical (unpaired) electrons. The highest BCUT2D eigenvalue weighted by Crippen LogP contribution is 2.72. The van der Waals surface area contributed by atoms with Crippen LogP contribution < -0.4 is 0 Å². The predicted molar refractivity (Wildman–Crippen MR) is 151 cm³/mol. The molecule has 2 heterocycles. The molecular formula is C33H42O9. The van der Waals surface area contributed by atoms with Gasteiger partial charge in [-0.2, -0.15) is 0 Å². The minimum atomic E-state index is -1.32. The van der Waals surface area contributed by atoms with Gasteiger partial charge in [0.25, 0.3) is 0 Å². The Morgan fingerprint density at radius 3 is 2.38 bits per heavy atom. The van der Waals surface area contributed by atoms with Gasteiger partial charge in [0.1, 0.15) is 17.8 Å². The van der Waals surface area contributed by atoms with E-state index in [9.17, 15) is 24.3 Å². The number of carbonyl (C=O) groups is 4. The number of fused-ring (bicyclic) bond motifs is 5. The SMILES string of the molecule is C/C=C(/C)C(=O)O[C@@H]1[C@H](O)[C@H]2C(C)(C)OC(=O)C[C@H](OC(C)=O)[C@]2(C)[C@H]2CC[C@]3(C)C(=CC(=O)[C@H]3c3ccoc3)[C@]12C. The molecule has 5 rings (SSSR count). The number of allylic oxidation sites excluding steroid dienone is 2. The fourth-order valence-corrected chi connectivity index (χ4v) is 9.48. The molecule has 4 aliphatic rings. The van der Waals surface area contributed by atoms with Crippen molar-refractivity contribution in [1.82, 2.24) is 0 Å². The van der Waals surface area contributed by atoms with Gasteiger partial charge in [0, 0.05) is 40.2 Å². The number of ketones is 1. The predicted octanol–water partition coefficient (Wildman–Crippen LogP) is 4.83. The van der Waals surface area contributed by atoms with E-state index >= 15 is 0 Å². The molecule has 1 N–H and O–H groups in total. The van der Waals surface area contributed by atoms with Gasteiger partial charge < -0.3 is 23.7 Å². The number of esters is 3. The zero-order valence-corrected chi connectivity index (χ0v) is 25.7. The third-order valence-electron chi connectivity index (χ3n) is 11.1. The average Bonchev–Trinajstić information content (AvgIpc) is 3.48. The lowest BCUT2D eigenvalue weighted by molar-refractivity contribution is -0.265. The lowest BCUT2D eigenvalue weighted by atomic mass is 9.39. The summed E-state index contributed by atoms with van der Waals surface area (Å²) < 4.78 is 23.4.